The minimum atomic E-state index is -0.481. The number of aliphatic imine (C=N–C) groups is 1. The number of carbonyl (C=O) groups is 1. The van der Waals surface area contributed by atoms with E-state index in [9.17, 15) is 4.79 Å². The third kappa shape index (κ3) is 11.0. The topological polar surface area (TPSA) is 78.0 Å². The van der Waals surface area contributed by atoms with E-state index in [1.165, 1.54) is 12.0 Å². The first-order valence-electron chi connectivity index (χ1n) is 10.5. The second kappa shape index (κ2) is 13.7. The van der Waals surface area contributed by atoms with Crippen LogP contribution in [-0.2, 0) is 11.2 Å². The molecule has 3 N–H and O–H groups in total. The fourth-order valence-electron chi connectivity index (χ4n) is 3.34. The van der Waals surface area contributed by atoms with Crippen molar-refractivity contribution >= 4 is 36.0 Å². The lowest BCUT2D eigenvalue weighted by Crippen LogP contribution is -2.44. The van der Waals surface area contributed by atoms with Gasteiger partial charge in [0.1, 0.15) is 5.60 Å². The second-order valence-corrected chi connectivity index (χ2v) is 8.50. The van der Waals surface area contributed by atoms with Crippen LogP contribution in [0.4, 0.5) is 4.79 Å². The number of guanidine groups is 1. The predicted octanol–water partition coefficient (Wildman–Crippen LogP) is 2.86. The molecule has 1 amide bonds. The van der Waals surface area contributed by atoms with E-state index in [0.29, 0.717) is 19.0 Å². The number of likely N-dealkylation sites (tertiary alicyclic amines) is 1. The van der Waals surface area contributed by atoms with Crippen LogP contribution in [0, 0.1) is 5.92 Å². The summed E-state index contributed by atoms with van der Waals surface area (Å²) in [6.07, 6.45) is 1.91. The molecule has 0 saturated carbocycles. The molecule has 1 aromatic carbocycles. The number of halogens is 1. The number of ether oxygens (including phenoxy) is 1. The molecule has 0 radical (unpaired) electrons. The lowest BCUT2D eigenvalue weighted by atomic mass is 10.1. The summed E-state index contributed by atoms with van der Waals surface area (Å²) in [5.41, 5.74) is 0.921. The van der Waals surface area contributed by atoms with E-state index in [1.54, 1.807) is 7.05 Å². The lowest BCUT2D eigenvalue weighted by Gasteiger charge is -2.20. The van der Waals surface area contributed by atoms with E-state index < -0.39 is 11.7 Å². The Labute approximate surface area is 198 Å². The highest BCUT2D eigenvalue weighted by atomic mass is 127. The summed E-state index contributed by atoms with van der Waals surface area (Å²) in [4.78, 5) is 18.4. The van der Waals surface area contributed by atoms with E-state index >= 15 is 0 Å². The van der Waals surface area contributed by atoms with Gasteiger partial charge in [-0.1, -0.05) is 30.3 Å². The maximum atomic E-state index is 11.6. The molecule has 170 valence electrons. The van der Waals surface area contributed by atoms with Gasteiger partial charge >= 0.3 is 6.09 Å². The number of hydrogen-bond acceptors (Lipinski definition) is 4. The maximum absolute atomic E-state index is 11.6. The molecular formula is C22H38IN5O2. The molecule has 1 unspecified atom stereocenters. The molecule has 1 aliphatic heterocycles. The zero-order valence-electron chi connectivity index (χ0n) is 18.7. The number of alkyl carbamates (subject to hydrolysis) is 1. The van der Waals surface area contributed by atoms with Gasteiger partial charge in [0.25, 0.3) is 0 Å². The standard InChI is InChI=1S/C22H37N5O2.HI/c1-22(2,3)29-21(28)25-13-12-24-20(23-4)26-16-19-11-15-27(17-19)14-10-18-8-6-5-7-9-18;/h5-9,19H,10-17H2,1-4H3,(H,25,28)(H2,23,24,26);1H. The highest BCUT2D eigenvalue weighted by molar-refractivity contribution is 14.0. The number of benzene rings is 1. The van der Waals surface area contributed by atoms with Crippen molar-refractivity contribution in [3.8, 4) is 0 Å². The van der Waals surface area contributed by atoms with Crippen molar-refractivity contribution in [2.45, 2.75) is 39.2 Å². The van der Waals surface area contributed by atoms with Gasteiger partial charge in [-0.25, -0.2) is 4.79 Å². The smallest absolute Gasteiger partial charge is 0.407 e. The number of carbonyl (C=O) groups excluding carboxylic acids is 1. The molecule has 7 nitrogen and oxygen atoms in total. The fourth-order valence-corrected chi connectivity index (χ4v) is 3.34. The van der Waals surface area contributed by atoms with Gasteiger partial charge < -0.3 is 25.6 Å². The van der Waals surface area contributed by atoms with Gasteiger partial charge in [0.2, 0.25) is 0 Å². The van der Waals surface area contributed by atoms with E-state index in [4.69, 9.17) is 4.74 Å². The van der Waals surface area contributed by atoms with Gasteiger partial charge in [0, 0.05) is 39.8 Å². The van der Waals surface area contributed by atoms with Crippen molar-refractivity contribution in [1.82, 2.24) is 20.9 Å². The molecule has 0 spiro atoms. The first-order valence-corrected chi connectivity index (χ1v) is 10.5. The lowest BCUT2D eigenvalue weighted by molar-refractivity contribution is 0.0529. The normalized spacial score (nSPS) is 17.2. The Balaban J connectivity index is 0.00000450. The number of amides is 1. The van der Waals surface area contributed by atoms with Crippen LogP contribution in [0.1, 0.15) is 32.8 Å². The Morgan fingerprint density at radius 3 is 2.53 bits per heavy atom. The Morgan fingerprint density at radius 1 is 1.17 bits per heavy atom. The molecule has 30 heavy (non-hydrogen) atoms. The summed E-state index contributed by atoms with van der Waals surface area (Å²) in [6, 6.07) is 10.7. The number of nitrogens with zero attached hydrogens (tertiary/aromatic N) is 2. The van der Waals surface area contributed by atoms with Crippen LogP contribution in [-0.4, -0.2) is 68.9 Å². The van der Waals surface area contributed by atoms with Crippen molar-refractivity contribution < 1.29 is 9.53 Å². The van der Waals surface area contributed by atoms with Gasteiger partial charge in [-0.15, -0.1) is 24.0 Å². The number of rotatable bonds is 8. The molecule has 1 saturated heterocycles. The van der Waals surface area contributed by atoms with Crippen LogP contribution in [0.25, 0.3) is 0 Å². The molecule has 2 rings (SSSR count). The molecule has 1 aliphatic rings. The molecule has 1 atom stereocenters. The highest BCUT2D eigenvalue weighted by Gasteiger charge is 2.22. The first-order chi connectivity index (χ1) is 13.9. The summed E-state index contributed by atoms with van der Waals surface area (Å²) in [5, 5.41) is 9.36. The first kappa shape index (κ1) is 26.5. The number of hydrogen-bond donors (Lipinski definition) is 3. The summed E-state index contributed by atoms with van der Waals surface area (Å²) >= 11 is 0. The minimum Gasteiger partial charge on any atom is -0.444 e. The Bertz CT molecular complexity index is 649. The maximum Gasteiger partial charge on any atom is 0.407 e. The van der Waals surface area contributed by atoms with Crippen molar-refractivity contribution in [1.29, 1.82) is 0 Å². The molecule has 1 fully saturated rings. The Hall–Kier alpha value is -1.55. The zero-order chi connectivity index (χ0) is 21.1. The largest absolute Gasteiger partial charge is 0.444 e. The predicted molar refractivity (Wildman–Crippen MR) is 134 cm³/mol. The van der Waals surface area contributed by atoms with Crippen LogP contribution in [0.2, 0.25) is 0 Å². The monoisotopic (exact) mass is 531 g/mol. The second-order valence-electron chi connectivity index (χ2n) is 8.50. The zero-order valence-corrected chi connectivity index (χ0v) is 21.1. The molecule has 0 aliphatic carbocycles. The van der Waals surface area contributed by atoms with Crippen LogP contribution in [0.3, 0.4) is 0 Å². The molecule has 0 bridgehead atoms. The van der Waals surface area contributed by atoms with Gasteiger partial charge in [-0.05, 0) is 51.6 Å². The highest BCUT2D eigenvalue weighted by Crippen LogP contribution is 2.16. The van der Waals surface area contributed by atoms with Gasteiger partial charge in [0.05, 0.1) is 0 Å². The summed E-state index contributed by atoms with van der Waals surface area (Å²) in [6.45, 7) is 10.9. The van der Waals surface area contributed by atoms with Gasteiger partial charge in [-0.3, -0.25) is 4.99 Å². The molecule has 8 heteroatoms. The fraction of sp³-hybridized carbons (Fsp3) is 0.636. The minimum absolute atomic E-state index is 0. The SMILES string of the molecule is CN=C(NCCNC(=O)OC(C)(C)C)NCC1CCN(CCc2ccccc2)C1.I. The quantitative estimate of drug-likeness (QED) is 0.208. The Morgan fingerprint density at radius 2 is 1.87 bits per heavy atom. The summed E-state index contributed by atoms with van der Waals surface area (Å²) in [7, 11) is 1.76. The number of nitrogens with one attached hydrogen (secondary N) is 3. The molecule has 0 aromatic heterocycles. The molecule has 1 aromatic rings. The van der Waals surface area contributed by atoms with E-state index in [0.717, 1.165) is 38.6 Å². The van der Waals surface area contributed by atoms with Crippen molar-refractivity contribution in [3.05, 3.63) is 35.9 Å². The summed E-state index contributed by atoms with van der Waals surface area (Å²) in [5.74, 6) is 1.39. The average Bonchev–Trinajstić information content (AvgIpc) is 3.13. The van der Waals surface area contributed by atoms with E-state index in [2.05, 4.69) is 56.2 Å². The third-order valence-electron chi connectivity index (χ3n) is 4.80. The van der Waals surface area contributed by atoms with Crippen LogP contribution in [0.5, 0.6) is 0 Å². The van der Waals surface area contributed by atoms with Crippen molar-refractivity contribution in [2.75, 3.05) is 46.3 Å². The van der Waals surface area contributed by atoms with Crippen molar-refractivity contribution in [3.63, 3.8) is 0 Å². The van der Waals surface area contributed by atoms with Gasteiger partial charge in [0.15, 0.2) is 5.96 Å². The van der Waals surface area contributed by atoms with Crippen LogP contribution >= 0.6 is 24.0 Å². The molecule has 1 heterocycles. The van der Waals surface area contributed by atoms with Crippen LogP contribution in [0.15, 0.2) is 35.3 Å². The van der Waals surface area contributed by atoms with E-state index in [-0.39, 0.29) is 24.0 Å². The van der Waals surface area contributed by atoms with Crippen molar-refractivity contribution in [2.24, 2.45) is 10.9 Å². The average molecular weight is 531 g/mol. The van der Waals surface area contributed by atoms with E-state index in [1.807, 2.05) is 20.8 Å². The third-order valence-corrected chi connectivity index (χ3v) is 4.80. The van der Waals surface area contributed by atoms with Crippen LogP contribution < -0.4 is 16.0 Å². The summed E-state index contributed by atoms with van der Waals surface area (Å²) < 4.78 is 5.22. The molecular weight excluding hydrogens is 493 g/mol. The Kier molecular flexibility index (Phi) is 12.1. The van der Waals surface area contributed by atoms with Gasteiger partial charge in [-0.2, -0.15) is 0 Å².